The summed E-state index contributed by atoms with van der Waals surface area (Å²) in [5, 5.41) is 35.9. The number of carbonyl (C=O) groups is 2. The second kappa shape index (κ2) is 7.07. The van der Waals surface area contributed by atoms with Gasteiger partial charge in [0.15, 0.2) is 12.4 Å². The van der Waals surface area contributed by atoms with Crippen LogP contribution >= 0.6 is 0 Å². The van der Waals surface area contributed by atoms with Crippen LogP contribution in [0.15, 0.2) is 12.7 Å². The molecule has 0 saturated heterocycles. The van der Waals surface area contributed by atoms with Crippen molar-refractivity contribution in [1.82, 2.24) is 0 Å². The lowest BCUT2D eigenvalue weighted by Gasteiger charge is -2.24. The number of aliphatic hydroxyl groups is 3. The van der Waals surface area contributed by atoms with Gasteiger partial charge in [0.25, 0.3) is 0 Å². The van der Waals surface area contributed by atoms with Crippen molar-refractivity contribution in [3.8, 4) is 0 Å². The molecule has 0 saturated carbocycles. The van der Waals surface area contributed by atoms with Crippen LogP contribution in [-0.2, 0) is 14.3 Å². The molecular weight excluding hydrogens is 220 g/mol. The van der Waals surface area contributed by atoms with E-state index in [-0.39, 0.29) is 12.9 Å². The highest BCUT2D eigenvalue weighted by atomic mass is 16.5. The van der Waals surface area contributed by atoms with Crippen molar-refractivity contribution in [3.63, 3.8) is 0 Å². The first-order valence-electron chi connectivity index (χ1n) is 4.40. The van der Waals surface area contributed by atoms with E-state index >= 15 is 0 Å². The zero-order chi connectivity index (χ0) is 12.7. The first kappa shape index (κ1) is 14.7. The minimum atomic E-state index is -2.19. The topological polar surface area (TPSA) is 124 Å². The Hall–Kier alpha value is -1.28. The van der Waals surface area contributed by atoms with Crippen LogP contribution < -0.4 is 0 Å². The molecule has 0 unspecified atom stereocenters. The lowest BCUT2D eigenvalue weighted by atomic mass is 10.0. The fourth-order valence-electron chi connectivity index (χ4n) is 0.925. The molecule has 0 aliphatic rings. The summed E-state index contributed by atoms with van der Waals surface area (Å²) < 4.78 is 4.75. The number of hydrogen-bond donors (Lipinski definition) is 4. The predicted molar refractivity (Wildman–Crippen MR) is 51.7 cm³/mol. The molecule has 16 heavy (non-hydrogen) atoms. The van der Waals surface area contributed by atoms with E-state index in [4.69, 9.17) is 14.9 Å². The molecule has 92 valence electrons. The molecule has 0 bridgehead atoms. The third-order valence-corrected chi connectivity index (χ3v) is 1.80. The van der Waals surface area contributed by atoms with Crippen molar-refractivity contribution in [2.24, 2.45) is 0 Å². The monoisotopic (exact) mass is 234 g/mol. The number of carboxylic acids is 1. The summed E-state index contributed by atoms with van der Waals surface area (Å²) in [7, 11) is 0. The van der Waals surface area contributed by atoms with Crippen molar-refractivity contribution in [2.75, 3.05) is 6.61 Å². The first-order valence-corrected chi connectivity index (χ1v) is 4.40. The first-order chi connectivity index (χ1) is 7.45. The van der Waals surface area contributed by atoms with Crippen molar-refractivity contribution in [1.29, 1.82) is 0 Å². The van der Waals surface area contributed by atoms with E-state index in [1.165, 1.54) is 6.08 Å². The predicted octanol–water partition coefficient (Wildman–Crippen LogP) is -2.08. The van der Waals surface area contributed by atoms with Crippen LogP contribution in [0.4, 0.5) is 0 Å². The summed E-state index contributed by atoms with van der Waals surface area (Å²) in [4.78, 5) is 20.8. The highest BCUT2D eigenvalue weighted by Crippen LogP contribution is 2.07. The number of aliphatic hydroxyl groups excluding tert-OH is 3. The number of aldehydes is 1. The zero-order valence-electron chi connectivity index (χ0n) is 8.39. The summed E-state index contributed by atoms with van der Waals surface area (Å²) in [6.07, 6.45) is -5.96. The zero-order valence-corrected chi connectivity index (χ0v) is 8.39. The lowest BCUT2D eigenvalue weighted by Crippen LogP contribution is -2.48. The van der Waals surface area contributed by atoms with Gasteiger partial charge in [-0.3, -0.25) is 0 Å². The maximum atomic E-state index is 10.5. The molecule has 0 fully saturated rings. The van der Waals surface area contributed by atoms with Gasteiger partial charge in [0, 0.05) is 0 Å². The Morgan fingerprint density at radius 3 is 2.25 bits per heavy atom. The number of hydrogen-bond acceptors (Lipinski definition) is 6. The maximum Gasteiger partial charge on any atom is 0.335 e. The largest absolute Gasteiger partial charge is 0.479 e. The Bertz CT molecular complexity index is 252. The minimum absolute atomic E-state index is 0.0592. The van der Waals surface area contributed by atoms with Gasteiger partial charge in [0.2, 0.25) is 0 Å². The Morgan fingerprint density at radius 1 is 1.31 bits per heavy atom. The van der Waals surface area contributed by atoms with Gasteiger partial charge in [0.1, 0.15) is 18.3 Å². The molecule has 7 nitrogen and oxygen atoms in total. The normalized spacial score (nSPS) is 18.2. The summed E-state index contributed by atoms with van der Waals surface area (Å²) in [6, 6.07) is 0. The van der Waals surface area contributed by atoms with Crippen LogP contribution in [0.1, 0.15) is 0 Å². The van der Waals surface area contributed by atoms with E-state index in [2.05, 4.69) is 6.58 Å². The van der Waals surface area contributed by atoms with Gasteiger partial charge in [-0.15, -0.1) is 6.58 Å². The number of carboxylic acid groups (broad SMARTS) is 1. The van der Waals surface area contributed by atoms with Gasteiger partial charge >= 0.3 is 5.97 Å². The molecule has 4 atom stereocenters. The third-order valence-electron chi connectivity index (χ3n) is 1.80. The number of ether oxygens (including phenoxy) is 1. The fourth-order valence-corrected chi connectivity index (χ4v) is 0.925. The van der Waals surface area contributed by atoms with Crippen LogP contribution in [0.3, 0.4) is 0 Å². The molecule has 0 aliphatic heterocycles. The van der Waals surface area contributed by atoms with Crippen molar-refractivity contribution < 1.29 is 34.8 Å². The highest BCUT2D eigenvalue weighted by molar-refractivity contribution is 5.73. The molecule has 0 spiro atoms. The molecule has 0 heterocycles. The fraction of sp³-hybridized carbons (Fsp3) is 0.556. The number of aliphatic carboxylic acids is 1. The Labute approximate surface area is 91.6 Å². The van der Waals surface area contributed by atoms with Gasteiger partial charge < -0.3 is 30.0 Å². The average Bonchev–Trinajstić information content (AvgIpc) is 2.27. The van der Waals surface area contributed by atoms with E-state index in [1.807, 2.05) is 0 Å². The van der Waals surface area contributed by atoms with E-state index < -0.39 is 30.4 Å². The molecule has 0 amide bonds. The second-order valence-corrected chi connectivity index (χ2v) is 2.99. The summed E-state index contributed by atoms with van der Waals surface area (Å²) in [5.41, 5.74) is 0. The average molecular weight is 234 g/mol. The highest BCUT2D eigenvalue weighted by Gasteiger charge is 2.35. The van der Waals surface area contributed by atoms with E-state index in [9.17, 15) is 19.8 Å². The Balaban J connectivity index is 4.47. The Kier molecular flexibility index (Phi) is 6.50. The SMILES string of the molecule is C=CCO[C@@H](C=O)[C@@H](O)[C@H](O)[C@H](O)C(=O)O. The summed E-state index contributed by atoms with van der Waals surface area (Å²) in [6.45, 7) is 3.25. The molecule has 0 radical (unpaired) electrons. The van der Waals surface area contributed by atoms with Gasteiger partial charge in [-0.1, -0.05) is 6.08 Å². The number of rotatable bonds is 8. The van der Waals surface area contributed by atoms with Gasteiger partial charge in [-0.05, 0) is 0 Å². The van der Waals surface area contributed by atoms with Crippen LogP contribution in [0.5, 0.6) is 0 Å². The molecule has 0 aromatic heterocycles. The Morgan fingerprint density at radius 2 is 1.88 bits per heavy atom. The standard InChI is InChI=1S/C9H14O7/c1-2-3-16-5(4-10)6(11)7(12)8(13)9(14)15/h2,4-8,11-13H,1,3H2,(H,14,15)/t5-,6+,7-,8-/m0/s1. The van der Waals surface area contributed by atoms with Crippen molar-refractivity contribution in [2.45, 2.75) is 24.4 Å². The van der Waals surface area contributed by atoms with Crippen molar-refractivity contribution >= 4 is 12.3 Å². The minimum Gasteiger partial charge on any atom is -0.479 e. The molecule has 0 aliphatic carbocycles. The second-order valence-electron chi connectivity index (χ2n) is 2.99. The van der Waals surface area contributed by atoms with Crippen LogP contribution in [0.2, 0.25) is 0 Å². The maximum absolute atomic E-state index is 10.5. The lowest BCUT2D eigenvalue weighted by molar-refractivity contribution is -0.166. The molecule has 0 aromatic rings. The van der Waals surface area contributed by atoms with E-state index in [0.29, 0.717) is 0 Å². The summed E-state index contributed by atoms with van der Waals surface area (Å²) in [5.74, 6) is -1.71. The van der Waals surface area contributed by atoms with Crippen LogP contribution in [-0.4, -0.2) is 63.7 Å². The molecule has 7 heteroatoms. The summed E-state index contributed by atoms with van der Waals surface area (Å²) >= 11 is 0. The van der Waals surface area contributed by atoms with E-state index in [0.717, 1.165) is 0 Å². The van der Waals surface area contributed by atoms with Crippen LogP contribution in [0.25, 0.3) is 0 Å². The van der Waals surface area contributed by atoms with Gasteiger partial charge in [-0.25, -0.2) is 4.79 Å². The van der Waals surface area contributed by atoms with E-state index in [1.54, 1.807) is 0 Å². The van der Waals surface area contributed by atoms with Gasteiger partial charge in [-0.2, -0.15) is 0 Å². The quantitative estimate of drug-likeness (QED) is 0.281. The van der Waals surface area contributed by atoms with Crippen LogP contribution in [0, 0.1) is 0 Å². The molecule has 0 aromatic carbocycles. The molecule has 4 N–H and O–H groups in total. The van der Waals surface area contributed by atoms with Crippen molar-refractivity contribution in [3.05, 3.63) is 12.7 Å². The van der Waals surface area contributed by atoms with Gasteiger partial charge in [0.05, 0.1) is 6.61 Å². The molecular formula is C9H14O7. The smallest absolute Gasteiger partial charge is 0.335 e. The number of carbonyl (C=O) groups excluding carboxylic acids is 1. The third kappa shape index (κ3) is 4.07. The molecule has 0 rings (SSSR count).